The monoisotopic (exact) mass is 467 g/mol. The Labute approximate surface area is 193 Å². The van der Waals surface area contributed by atoms with Crippen molar-refractivity contribution in [3.8, 4) is 16.9 Å². The summed E-state index contributed by atoms with van der Waals surface area (Å²) in [5.41, 5.74) is 3.05. The number of hydrogen-bond donors (Lipinski definition) is 2. The summed E-state index contributed by atoms with van der Waals surface area (Å²) >= 11 is 13.0. The molecular formula is C24H19Cl2N3O3. The maximum Gasteiger partial charge on any atom is 0.259 e. The third-order valence-corrected chi connectivity index (χ3v) is 6.74. The first-order chi connectivity index (χ1) is 15.2. The standard InChI is InChI=1S/C24H19Cl2N3O3/c1-11(28(2)3)29-17-8-7-12(30)9-13(17)20-18(29)10-14(19-15(25)5-4-6-16(19)26)21-22(20)24(32)27-23(21)31/h4-11,30H,1-3H3,(H,27,31,32). The molecule has 0 radical (unpaired) electrons. The molecule has 1 aliphatic heterocycles. The largest absolute Gasteiger partial charge is 0.508 e. The molecule has 4 aromatic rings. The van der Waals surface area contributed by atoms with Crippen LogP contribution in [0.15, 0.2) is 42.5 Å². The van der Waals surface area contributed by atoms with Crippen molar-refractivity contribution >= 4 is 56.8 Å². The SMILES string of the molecule is CC(N(C)C)n1c2ccc(O)cc2c2c3c(c(-c4c(Cl)cccc4Cl)cc21)C(=O)NC3=O. The van der Waals surface area contributed by atoms with Crippen molar-refractivity contribution in [1.29, 1.82) is 0 Å². The number of halogens is 2. The molecule has 2 heterocycles. The molecule has 0 fully saturated rings. The van der Waals surface area contributed by atoms with Crippen LogP contribution in [0.5, 0.6) is 5.75 Å². The highest BCUT2D eigenvalue weighted by Gasteiger charge is 2.36. The summed E-state index contributed by atoms with van der Waals surface area (Å²) in [6.45, 7) is 2.03. The number of carbonyl (C=O) groups is 2. The molecule has 162 valence electrons. The van der Waals surface area contributed by atoms with Crippen molar-refractivity contribution in [1.82, 2.24) is 14.8 Å². The van der Waals surface area contributed by atoms with Crippen LogP contribution in [-0.4, -0.2) is 40.5 Å². The number of benzene rings is 3. The molecule has 32 heavy (non-hydrogen) atoms. The van der Waals surface area contributed by atoms with Gasteiger partial charge in [0.2, 0.25) is 0 Å². The van der Waals surface area contributed by atoms with Crippen LogP contribution in [0.1, 0.15) is 33.8 Å². The Morgan fingerprint density at radius 1 is 0.938 bits per heavy atom. The smallest absolute Gasteiger partial charge is 0.259 e. The van der Waals surface area contributed by atoms with Crippen molar-refractivity contribution in [2.75, 3.05) is 14.1 Å². The minimum absolute atomic E-state index is 0.0748. The van der Waals surface area contributed by atoms with Gasteiger partial charge in [0.15, 0.2) is 0 Å². The molecule has 3 aromatic carbocycles. The summed E-state index contributed by atoms with van der Waals surface area (Å²) in [5.74, 6) is -0.912. The first-order valence-electron chi connectivity index (χ1n) is 10.0. The highest BCUT2D eigenvalue weighted by atomic mass is 35.5. The Morgan fingerprint density at radius 2 is 1.59 bits per heavy atom. The minimum Gasteiger partial charge on any atom is -0.508 e. The molecule has 2 amide bonds. The van der Waals surface area contributed by atoms with Gasteiger partial charge < -0.3 is 9.67 Å². The van der Waals surface area contributed by atoms with Crippen LogP contribution in [0, 0.1) is 0 Å². The second kappa shape index (κ2) is 7.24. The molecule has 0 spiro atoms. The number of phenolic OH excluding ortho intramolecular Hbond substituents is 1. The van der Waals surface area contributed by atoms with Crippen LogP contribution in [0.2, 0.25) is 10.0 Å². The van der Waals surface area contributed by atoms with Crippen LogP contribution in [-0.2, 0) is 0 Å². The number of carbonyl (C=O) groups excluding carboxylic acids is 2. The Bertz CT molecular complexity index is 1450. The lowest BCUT2D eigenvalue weighted by Crippen LogP contribution is -2.22. The van der Waals surface area contributed by atoms with E-state index in [1.165, 1.54) is 0 Å². The number of phenols is 1. The Kier molecular flexibility index (Phi) is 4.71. The number of fused-ring (bicyclic) bond motifs is 5. The van der Waals surface area contributed by atoms with Gasteiger partial charge in [0.1, 0.15) is 5.75 Å². The topological polar surface area (TPSA) is 74.6 Å². The molecule has 0 bridgehead atoms. The van der Waals surface area contributed by atoms with Crippen LogP contribution >= 0.6 is 23.2 Å². The van der Waals surface area contributed by atoms with Crippen LogP contribution in [0.25, 0.3) is 32.9 Å². The van der Waals surface area contributed by atoms with E-state index in [0.29, 0.717) is 31.9 Å². The fourth-order valence-electron chi connectivity index (χ4n) is 4.47. The molecular weight excluding hydrogens is 449 g/mol. The molecule has 1 atom stereocenters. The van der Waals surface area contributed by atoms with Crippen molar-refractivity contribution in [2.24, 2.45) is 0 Å². The third-order valence-electron chi connectivity index (χ3n) is 6.11. The van der Waals surface area contributed by atoms with Crippen molar-refractivity contribution < 1.29 is 14.7 Å². The highest BCUT2D eigenvalue weighted by molar-refractivity contribution is 6.41. The maximum absolute atomic E-state index is 13.0. The van der Waals surface area contributed by atoms with Crippen molar-refractivity contribution in [3.63, 3.8) is 0 Å². The average molecular weight is 468 g/mol. The molecule has 8 heteroatoms. The average Bonchev–Trinajstić information content (AvgIpc) is 3.20. The number of nitrogens with zero attached hydrogens (tertiary/aromatic N) is 2. The van der Waals surface area contributed by atoms with E-state index in [-0.39, 0.29) is 23.0 Å². The summed E-state index contributed by atoms with van der Waals surface area (Å²) in [5, 5.41) is 14.7. The number of aromatic nitrogens is 1. The second-order valence-corrected chi connectivity index (χ2v) is 8.93. The quantitative estimate of drug-likeness (QED) is 0.393. The van der Waals surface area contributed by atoms with Gasteiger partial charge in [-0.25, -0.2) is 0 Å². The van der Waals surface area contributed by atoms with Gasteiger partial charge in [0.05, 0.1) is 28.3 Å². The number of nitrogens with one attached hydrogen (secondary N) is 1. The van der Waals surface area contributed by atoms with E-state index in [2.05, 4.69) is 9.88 Å². The van der Waals surface area contributed by atoms with E-state index in [9.17, 15) is 14.7 Å². The van der Waals surface area contributed by atoms with E-state index in [1.807, 2.05) is 38.1 Å². The van der Waals surface area contributed by atoms with Crippen LogP contribution < -0.4 is 5.32 Å². The molecule has 5 rings (SSSR count). The zero-order chi connectivity index (χ0) is 22.9. The van der Waals surface area contributed by atoms with E-state index in [1.54, 1.807) is 30.3 Å². The first-order valence-corrected chi connectivity index (χ1v) is 10.8. The number of amides is 2. The first kappa shape index (κ1) is 20.8. The van der Waals surface area contributed by atoms with Gasteiger partial charge in [-0.15, -0.1) is 0 Å². The van der Waals surface area contributed by atoms with E-state index < -0.39 is 11.8 Å². The molecule has 0 aliphatic carbocycles. The summed E-state index contributed by atoms with van der Waals surface area (Å²) in [7, 11) is 3.91. The van der Waals surface area contributed by atoms with Crippen molar-refractivity contribution in [2.45, 2.75) is 13.1 Å². The molecule has 1 aliphatic rings. The number of aromatic hydroxyl groups is 1. The van der Waals surface area contributed by atoms with Gasteiger partial charge in [0, 0.05) is 31.9 Å². The van der Waals surface area contributed by atoms with Gasteiger partial charge in [0.25, 0.3) is 11.8 Å². The van der Waals surface area contributed by atoms with Gasteiger partial charge >= 0.3 is 0 Å². The Hall–Kier alpha value is -3.06. The lowest BCUT2D eigenvalue weighted by Gasteiger charge is -2.24. The zero-order valence-electron chi connectivity index (χ0n) is 17.5. The maximum atomic E-state index is 13.0. The summed E-state index contributed by atoms with van der Waals surface area (Å²) in [4.78, 5) is 27.9. The highest BCUT2D eigenvalue weighted by Crippen LogP contribution is 2.45. The predicted molar refractivity (Wildman–Crippen MR) is 127 cm³/mol. The lowest BCUT2D eigenvalue weighted by atomic mass is 9.92. The predicted octanol–water partition coefficient (Wildman–Crippen LogP) is 5.44. The lowest BCUT2D eigenvalue weighted by molar-refractivity contribution is 0.0880. The minimum atomic E-state index is -0.500. The fraction of sp³-hybridized carbons (Fsp3) is 0.167. The Morgan fingerprint density at radius 3 is 2.25 bits per heavy atom. The van der Waals surface area contributed by atoms with Crippen LogP contribution in [0.4, 0.5) is 0 Å². The molecule has 1 unspecified atom stereocenters. The normalized spacial score (nSPS) is 14.4. The van der Waals surface area contributed by atoms with Crippen molar-refractivity contribution in [3.05, 3.63) is 63.6 Å². The van der Waals surface area contributed by atoms with Gasteiger partial charge in [-0.05, 0) is 57.4 Å². The van der Waals surface area contributed by atoms with Crippen LogP contribution in [0.3, 0.4) is 0 Å². The molecule has 0 saturated carbocycles. The molecule has 1 aromatic heterocycles. The summed E-state index contributed by atoms with van der Waals surface area (Å²) < 4.78 is 2.08. The third kappa shape index (κ3) is 2.84. The zero-order valence-corrected chi connectivity index (χ0v) is 19.0. The van der Waals surface area contributed by atoms with Gasteiger partial charge in [-0.3, -0.25) is 19.8 Å². The van der Waals surface area contributed by atoms with E-state index in [0.717, 1.165) is 11.0 Å². The van der Waals surface area contributed by atoms with E-state index in [4.69, 9.17) is 23.2 Å². The number of hydrogen-bond acceptors (Lipinski definition) is 4. The summed E-state index contributed by atoms with van der Waals surface area (Å²) in [6, 6.07) is 12.0. The fourth-order valence-corrected chi connectivity index (χ4v) is 5.07. The van der Waals surface area contributed by atoms with E-state index >= 15 is 0 Å². The number of rotatable bonds is 3. The van der Waals surface area contributed by atoms with Gasteiger partial charge in [-0.2, -0.15) is 0 Å². The molecule has 6 nitrogen and oxygen atoms in total. The Balaban J connectivity index is 2.05. The molecule has 2 N–H and O–H groups in total. The summed E-state index contributed by atoms with van der Waals surface area (Å²) in [6.07, 6.45) is -0.0904. The second-order valence-electron chi connectivity index (χ2n) is 8.12. The molecule has 0 saturated heterocycles. The number of imide groups is 1. The van der Waals surface area contributed by atoms with Gasteiger partial charge in [-0.1, -0.05) is 29.3 Å².